The Labute approximate surface area is 157 Å². The molecule has 2 aliphatic rings. The van der Waals surface area contributed by atoms with Crippen molar-refractivity contribution in [2.45, 2.75) is 31.7 Å². The highest BCUT2D eigenvalue weighted by molar-refractivity contribution is 7.13. The number of hydrogen-bond donors (Lipinski definition) is 1. The van der Waals surface area contributed by atoms with Gasteiger partial charge in [0, 0.05) is 62.1 Å². The molecule has 2 aromatic heterocycles. The minimum atomic E-state index is 0.111. The normalized spacial score (nSPS) is 19.5. The van der Waals surface area contributed by atoms with Gasteiger partial charge in [-0.25, -0.2) is 9.97 Å². The molecule has 0 radical (unpaired) electrons. The summed E-state index contributed by atoms with van der Waals surface area (Å²) in [5.74, 6) is 1.23. The molecule has 0 spiro atoms. The van der Waals surface area contributed by atoms with E-state index >= 15 is 0 Å². The lowest BCUT2D eigenvalue weighted by Gasteiger charge is -2.35. The number of thiazole rings is 1. The Morgan fingerprint density at radius 1 is 1.00 bits per heavy atom. The molecule has 2 aromatic rings. The summed E-state index contributed by atoms with van der Waals surface area (Å²) in [6, 6.07) is 0.289. The van der Waals surface area contributed by atoms with Crippen LogP contribution in [0.1, 0.15) is 25.7 Å². The highest BCUT2D eigenvalue weighted by atomic mass is 32.1. The maximum absolute atomic E-state index is 12.6. The Hall–Kier alpha value is -2.22. The lowest BCUT2D eigenvalue weighted by atomic mass is 9.94. The van der Waals surface area contributed by atoms with E-state index in [1.807, 2.05) is 11.6 Å². The third-order valence-electron chi connectivity index (χ3n) is 5.27. The molecule has 138 valence electrons. The summed E-state index contributed by atoms with van der Waals surface area (Å²) in [7, 11) is 0. The molecule has 2 saturated heterocycles. The minimum absolute atomic E-state index is 0.111. The summed E-state index contributed by atoms with van der Waals surface area (Å²) in [4.78, 5) is 30.0. The zero-order valence-electron chi connectivity index (χ0n) is 14.8. The zero-order chi connectivity index (χ0) is 17.8. The zero-order valence-corrected chi connectivity index (χ0v) is 15.6. The largest absolute Gasteiger partial charge is 0.355 e. The van der Waals surface area contributed by atoms with E-state index in [1.165, 1.54) is 0 Å². The van der Waals surface area contributed by atoms with E-state index in [1.54, 1.807) is 29.9 Å². The Kier molecular flexibility index (Phi) is 5.29. The van der Waals surface area contributed by atoms with Gasteiger partial charge in [-0.2, -0.15) is 0 Å². The van der Waals surface area contributed by atoms with Gasteiger partial charge in [-0.15, -0.1) is 11.3 Å². The SMILES string of the molecule is O=C(NC1CCN(c2nccs2)CC1)C1CCN(c2cnccn2)CC1. The maximum Gasteiger partial charge on any atom is 0.223 e. The van der Waals surface area contributed by atoms with Gasteiger partial charge in [0.05, 0.1) is 6.20 Å². The van der Waals surface area contributed by atoms with Crippen LogP contribution in [0.3, 0.4) is 0 Å². The second-order valence-corrected chi connectivity index (χ2v) is 7.78. The van der Waals surface area contributed by atoms with Crippen molar-refractivity contribution in [3.8, 4) is 0 Å². The van der Waals surface area contributed by atoms with Crippen LogP contribution in [0.2, 0.25) is 0 Å². The summed E-state index contributed by atoms with van der Waals surface area (Å²) < 4.78 is 0. The summed E-state index contributed by atoms with van der Waals surface area (Å²) >= 11 is 1.68. The van der Waals surface area contributed by atoms with Gasteiger partial charge in [0.1, 0.15) is 5.82 Å². The van der Waals surface area contributed by atoms with E-state index in [2.05, 4.69) is 30.1 Å². The average Bonchev–Trinajstić information content (AvgIpc) is 3.24. The fourth-order valence-electron chi connectivity index (χ4n) is 3.73. The Bertz CT molecular complexity index is 694. The number of carbonyl (C=O) groups excluding carboxylic acids is 1. The van der Waals surface area contributed by atoms with Crippen molar-refractivity contribution >= 4 is 28.2 Å². The van der Waals surface area contributed by atoms with Gasteiger partial charge in [-0.1, -0.05) is 0 Å². The molecule has 7 nitrogen and oxygen atoms in total. The predicted molar refractivity (Wildman–Crippen MR) is 102 cm³/mol. The number of hydrogen-bond acceptors (Lipinski definition) is 7. The maximum atomic E-state index is 12.6. The third-order valence-corrected chi connectivity index (χ3v) is 6.10. The van der Waals surface area contributed by atoms with E-state index in [9.17, 15) is 4.79 Å². The number of carbonyl (C=O) groups is 1. The van der Waals surface area contributed by atoms with Crippen LogP contribution in [-0.2, 0) is 4.79 Å². The van der Waals surface area contributed by atoms with Crippen molar-refractivity contribution in [1.82, 2.24) is 20.3 Å². The minimum Gasteiger partial charge on any atom is -0.355 e. The molecule has 4 heterocycles. The van der Waals surface area contributed by atoms with Crippen LogP contribution in [0.5, 0.6) is 0 Å². The molecule has 1 N–H and O–H groups in total. The molecule has 26 heavy (non-hydrogen) atoms. The standard InChI is InChI=1S/C18H24N6OS/c25-17(14-1-8-23(9-2-14)16-13-19-5-6-20-16)22-15-3-10-24(11-4-15)18-21-7-12-26-18/h5-7,12-15H,1-4,8-11H2,(H,22,25). The number of aromatic nitrogens is 3. The molecule has 0 aliphatic carbocycles. The molecule has 2 aliphatic heterocycles. The fraction of sp³-hybridized carbons (Fsp3) is 0.556. The second-order valence-electron chi connectivity index (χ2n) is 6.91. The van der Waals surface area contributed by atoms with Gasteiger partial charge >= 0.3 is 0 Å². The Balaban J connectivity index is 1.22. The smallest absolute Gasteiger partial charge is 0.223 e. The van der Waals surface area contributed by atoms with Crippen molar-refractivity contribution in [2.24, 2.45) is 5.92 Å². The highest BCUT2D eigenvalue weighted by Gasteiger charge is 2.28. The summed E-state index contributed by atoms with van der Waals surface area (Å²) in [6.07, 6.45) is 10.8. The molecule has 4 rings (SSSR count). The summed E-state index contributed by atoms with van der Waals surface area (Å²) in [5, 5.41) is 6.38. The molecule has 0 atom stereocenters. The number of nitrogens with one attached hydrogen (secondary N) is 1. The number of anilines is 2. The van der Waals surface area contributed by atoms with E-state index in [0.717, 1.165) is 62.8 Å². The van der Waals surface area contributed by atoms with Crippen LogP contribution in [0.4, 0.5) is 10.9 Å². The summed E-state index contributed by atoms with van der Waals surface area (Å²) in [5.41, 5.74) is 0. The van der Waals surface area contributed by atoms with Gasteiger partial charge < -0.3 is 15.1 Å². The van der Waals surface area contributed by atoms with Crippen molar-refractivity contribution in [2.75, 3.05) is 36.0 Å². The van der Waals surface area contributed by atoms with Gasteiger partial charge in [0.25, 0.3) is 0 Å². The van der Waals surface area contributed by atoms with Crippen LogP contribution in [0.15, 0.2) is 30.2 Å². The van der Waals surface area contributed by atoms with Crippen LogP contribution in [0.25, 0.3) is 0 Å². The first kappa shape index (κ1) is 17.2. The van der Waals surface area contributed by atoms with Crippen LogP contribution < -0.4 is 15.1 Å². The van der Waals surface area contributed by atoms with Crippen LogP contribution in [0, 0.1) is 5.92 Å². The van der Waals surface area contributed by atoms with Gasteiger partial charge in [0.15, 0.2) is 5.13 Å². The molecular formula is C18H24N6OS. The first-order chi connectivity index (χ1) is 12.8. The first-order valence-corrected chi connectivity index (χ1v) is 10.1. The molecule has 2 fully saturated rings. The number of amides is 1. The predicted octanol–water partition coefficient (Wildman–Crippen LogP) is 1.93. The van der Waals surface area contributed by atoms with Gasteiger partial charge in [-0.05, 0) is 25.7 Å². The van der Waals surface area contributed by atoms with E-state index < -0.39 is 0 Å². The van der Waals surface area contributed by atoms with Crippen molar-refractivity contribution in [3.05, 3.63) is 30.2 Å². The highest BCUT2D eigenvalue weighted by Crippen LogP contribution is 2.24. The monoisotopic (exact) mass is 372 g/mol. The molecule has 1 amide bonds. The van der Waals surface area contributed by atoms with Crippen molar-refractivity contribution in [1.29, 1.82) is 0 Å². The lowest BCUT2D eigenvalue weighted by molar-refractivity contribution is -0.126. The molecule has 0 aromatic carbocycles. The lowest BCUT2D eigenvalue weighted by Crippen LogP contribution is -2.48. The van der Waals surface area contributed by atoms with E-state index in [-0.39, 0.29) is 17.9 Å². The number of piperidine rings is 2. The average molecular weight is 372 g/mol. The topological polar surface area (TPSA) is 74.2 Å². The third kappa shape index (κ3) is 3.95. The van der Waals surface area contributed by atoms with E-state index in [0.29, 0.717) is 0 Å². The van der Waals surface area contributed by atoms with Crippen LogP contribution >= 0.6 is 11.3 Å². The number of rotatable bonds is 4. The summed E-state index contributed by atoms with van der Waals surface area (Å²) in [6.45, 7) is 3.64. The molecular weight excluding hydrogens is 348 g/mol. The second kappa shape index (κ2) is 7.99. The van der Waals surface area contributed by atoms with Gasteiger partial charge in [-0.3, -0.25) is 9.78 Å². The molecule has 0 bridgehead atoms. The van der Waals surface area contributed by atoms with Crippen LogP contribution in [-0.4, -0.2) is 53.1 Å². The van der Waals surface area contributed by atoms with E-state index in [4.69, 9.17) is 0 Å². The fourth-order valence-corrected chi connectivity index (χ4v) is 4.43. The van der Waals surface area contributed by atoms with Crippen molar-refractivity contribution < 1.29 is 4.79 Å². The number of nitrogens with zero attached hydrogens (tertiary/aromatic N) is 5. The Morgan fingerprint density at radius 2 is 1.77 bits per heavy atom. The Morgan fingerprint density at radius 3 is 2.42 bits per heavy atom. The quantitative estimate of drug-likeness (QED) is 0.884. The molecule has 0 saturated carbocycles. The van der Waals surface area contributed by atoms with Gasteiger partial charge in [0.2, 0.25) is 5.91 Å². The molecule has 8 heteroatoms. The molecule has 0 unspecified atom stereocenters. The first-order valence-electron chi connectivity index (χ1n) is 9.25. The van der Waals surface area contributed by atoms with Crippen molar-refractivity contribution in [3.63, 3.8) is 0 Å².